The van der Waals surface area contributed by atoms with E-state index in [0.717, 1.165) is 110 Å². The van der Waals surface area contributed by atoms with Crippen LogP contribution >= 0.6 is 15.6 Å². The summed E-state index contributed by atoms with van der Waals surface area (Å²) in [6.45, 7) is 38.9. The smallest absolute Gasteiger partial charge is 0.394 e. The Hall–Kier alpha value is -0.100. The molecule has 16 nitrogen and oxygen atoms in total. The third kappa shape index (κ3) is 66.8. The first-order chi connectivity index (χ1) is 52.4. The van der Waals surface area contributed by atoms with Gasteiger partial charge in [0.1, 0.15) is 24.4 Å². The molecular formula is C92H186O16P2. The molecule has 0 radical (unpaired) electrons. The van der Waals surface area contributed by atoms with Gasteiger partial charge in [0, 0.05) is 26.4 Å². The van der Waals surface area contributed by atoms with Gasteiger partial charge in [0.15, 0.2) is 0 Å². The van der Waals surface area contributed by atoms with Crippen molar-refractivity contribution in [3.63, 3.8) is 0 Å². The van der Waals surface area contributed by atoms with E-state index in [0.29, 0.717) is 50.1 Å². The molecule has 6 unspecified atom stereocenters. The van der Waals surface area contributed by atoms with Crippen LogP contribution in [0.3, 0.4) is 0 Å². The summed E-state index contributed by atoms with van der Waals surface area (Å²) < 4.78 is 70.7. The van der Waals surface area contributed by atoms with Gasteiger partial charge in [0.25, 0.3) is 0 Å². The van der Waals surface area contributed by atoms with Crippen molar-refractivity contribution in [2.24, 2.45) is 94.7 Å². The molecule has 18 heteroatoms. The van der Waals surface area contributed by atoms with Gasteiger partial charge in [-0.1, -0.05) is 368 Å². The summed E-state index contributed by atoms with van der Waals surface area (Å²) in [6, 6.07) is 0. The van der Waals surface area contributed by atoms with Gasteiger partial charge in [0.05, 0.1) is 52.9 Å². The van der Waals surface area contributed by atoms with Crippen molar-refractivity contribution in [3.05, 3.63) is 0 Å². The average Bonchev–Trinajstić information content (AvgIpc) is 0.912. The van der Waals surface area contributed by atoms with Crippen molar-refractivity contribution in [3.8, 4) is 0 Å². The second-order valence-electron chi connectivity index (χ2n) is 38.1. The molecule has 6 N–H and O–H groups in total. The standard InChI is InChI=1S/C92H186O16P2/c1-73-29-17-33-77(5)41-25-49-85(13)57-61-101-69-91(71-107-109(97,98)105-67-89(95)65-93)103-63-59-87(15)52-28-44-80(8)36-20-32-76(4)40-24-48-84(12)56-54-82(10)46-22-38-74(2)30-18-34-78(6)42-26-50-86(14)58-62-102-70-92(72-108-110(99,100)106-68-90(96)66-94)104-64-60-88(16)51-27-43-79(7)35-19-31-75(3)39-23-47-83(11)55-53-81(9)45-21-37-73/h73-96H,17-72H2,1-16H3,(H,97,98)(H,99,100)/t73-,74-,75-,76-,77+,78+,79+,80+,81?,82?,83?,84?,85+,86+,87+,88+,89+,90+,91-,92-/m0/s1. The van der Waals surface area contributed by atoms with Crippen molar-refractivity contribution >= 4 is 15.6 Å². The second-order valence-corrected chi connectivity index (χ2v) is 41.0. The molecule has 1 saturated heterocycles. The molecule has 1 rings (SSSR count). The number of rotatable bonds is 14. The molecule has 0 aliphatic carbocycles. The van der Waals surface area contributed by atoms with Crippen LogP contribution in [0.5, 0.6) is 0 Å². The average molecular weight is 1610 g/mol. The minimum Gasteiger partial charge on any atom is -0.394 e. The molecule has 0 aromatic heterocycles. The van der Waals surface area contributed by atoms with Gasteiger partial charge in [-0.25, -0.2) is 9.13 Å². The Labute approximate surface area is 680 Å². The van der Waals surface area contributed by atoms with E-state index in [1.807, 2.05) is 0 Å². The summed E-state index contributed by atoms with van der Waals surface area (Å²) in [5, 5.41) is 37.7. The normalized spacial score (nSPS) is 33.9. The Bertz CT molecular complexity index is 1990. The predicted octanol–water partition coefficient (Wildman–Crippen LogP) is 25.1. The van der Waals surface area contributed by atoms with E-state index < -0.39 is 66.5 Å². The summed E-state index contributed by atoms with van der Waals surface area (Å²) in [5.74, 6) is 11.3. The number of aliphatic hydroxyl groups is 4. The largest absolute Gasteiger partial charge is 0.472 e. The third-order valence-electron chi connectivity index (χ3n) is 25.2. The Morgan fingerprint density at radius 1 is 0.264 bits per heavy atom. The van der Waals surface area contributed by atoms with Crippen LogP contribution in [-0.4, -0.2) is 134 Å². The molecule has 0 aromatic carbocycles. The van der Waals surface area contributed by atoms with Gasteiger partial charge in [-0.15, -0.1) is 0 Å². The van der Waals surface area contributed by atoms with Crippen LogP contribution in [0.1, 0.15) is 393 Å². The molecule has 0 aromatic rings. The lowest BCUT2D eigenvalue weighted by Crippen LogP contribution is -2.27. The Morgan fingerprint density at radius 2 is 0.427 bits per heavy atom. The van der Waals surface area contributed by atoms with Gasteiger partial charge >= 0.3 is 15.6 Å². The van der Waals surface area contributed by atoms with Crippen LogP contribution < -0.4 is 0 Å². The van der Waals surface area contributed by atoms with Crippen LogP contribution in [0, 0.1) is 94.7 Å². The first-order valence-electron chi connectivity index (χ1n) is 46.6. The quantitative estimate of drug-likeness (QED) is 0.0889. The van der Waals surface area contributed by atoms with Crippen molar-refractivity contribution in [2.45, 2.75) is 418 Å². The highest BCUT2D eigenvalue weighted by atomic mass is 31.2. The Kier molecular flexibility index (Phi) is 67.3. The molecule has 0 saturated carbocycles. The maximum atomic E-state index is 12.7. The van der Waals surface area contributed by atoms with Crippen LogP contribution in [-0.2, 0) is 46.2 Å². The summed E-state index contributed by atoms with van der Waals surface area (Å²) >= 11 is 0. The number of aliphatic hydroxyl groups excluding tert-OH is 4. The van der Waals surface area contributed by atoms with E-state index in [1.54, 1.807) is 0 Å². The molecule has 22 atom stereocenters. The van der Waals surface area contributed by atoms with Gasteiger partial charge < -0.3 is 49.2 Å². The first kappa shape index (κ1) is 108. The fourth-order valence-corrected chi connectivity index (χ4v) is 17.9. The van der Waals surface area contributed by atoms with Crippen molar-refractivity contribution < 1.29 is 76.4 Å². The van der Waals surface area contributed by atoms with E-state index in [4.69, 9.17) is 47.3 Å². The van der Waals surface area contributed by atoms with Crippen molar-refractivity contribution in [1.82, 2.24) is 0 Å². The number of hydrogen-bond donors (Lipinski definition) is 6. The fraction of sp³-hybridized carbons (Fsp3) is 1.00. The summed E-state index contributed by atoms with van der Waals surface area (Å²) in [6.07, 6.45) is 51.9. The molecular weight excluding hydrogens is 1420 g/mol. The van der Waals surface area contributed by atoms with E-state index >= 15 is 0 Å². The van der Waals surface area contributed by atoms with Gasteiger partial charge in [-0.05, 0) is 120 Å². The molecule has 1 aliphatic heterocycles. The zero-order valence-corrected chi connectivity index (χ0v) is 76.6. The molecule has 1 fully saturated rings. The highest BCUT2D eigenvalue weighted by Crippen LogP contribution is 2.45. The van der Waals surface area contributed by atoms with Crippen LogP contribution in [0.25, 0.3) is 0 Å². The van der Waals surface area contributed by atoms with Crippen LogP contribution in [0.4, 0.5) is 0 Å². The predicted molar refractivity (Wildman–Crippen MR) is 461 cm³/mol. The van der Waals surface area contributed by atoms with E-state index in [9.17, 15) is 29.1 Å². The molecule has 0 spiro atoms. The third-order valence-corrected chi connectivity index (χ3v) is 27.1. The number of ether oxygens (including phenoxy) is 4. The first-order valence-corrected chi connectivity index (χ1v) is 49.6. The molecule has 1 aliphatic rings. The maximum Gasteiger partial charge on any atom is 0.472 e. The van der Waals surface area contributed by atoms with Crippen LogP contribution in [0.2, 0.25) is 0 Å². The lowest BCUT2D eigenvalue weighted by atomic mass is 9.88. The van der Waals surface area contributed by atoms with E-state index in [2.05, 4.69) is 111 Å². The topological polar surface area (TPSA) is 229 Å². The van der Waals surface area contributed by atoms with Gasteiger partial charge in [-0.3, -0.25) is 18.1 Å². The lowest BCUT2D eigenvalue weighted by molar-refractivity contribution is -0.0493. The Morgan fingerprint density at radius 3 is 0.609 bits per heavy atom. The second kappa shape index (κ2) is 68.6. The minimum atomic E-state index is -4.47. The maximum absolute atomic E-state index is 12.7. The van der Waals surface area contributed by atoms with Crippen molar-refractivity contribution in [2.75, 3.05) is 79.3 Å². The molecule has 660 valence electrons. The summed E-state index contributed by atoms with van der Waals surface area (Å²) in [7, 11) is -8.94. The highest BCUT2D eigenvalue weighted by molar-refractivity contribution is 7.47. The van der Waals surface area contributed by atoms with Gasteiger partial charge in [-0.2, -0.15) is 0 Å². The monoisotopic (exact) mass is 1610 g/mol. The fourth-order valence-electron chi connectivity index (χ4n) is 16.3. The number of phosphoric ester groups is 2. The van der Waals surface area contributed by atoms with E-state index in [-0.39, 0.29) is 26.4 Å². The Balaban J connectivity index is 2.79. The van der Waals surface area contributed by atoms with Gasteiger partial charge in [0.2, 0.25) is 0 Å². The molecule has 1 heterocycles. The summed E-state index contributed by atoms with van der Waals surface area (Å²) in [4.78, 5) is 20.6. The molecule has 0 amide bonds. The number of phosphoric acid groups is 2. The van der Waals surface area contributed by atoms with Crippen LogP contribution in [0.15, 0.2) is 0 Å². The summed E-state index contributed by atoms with van der Waals surface area (Å²) in [5.41, 5.74) is 0. The lowest BCUT2D eigenvalue weighted by Gasteiger charge is -2.22. The minimum absolute atomic E-state index is 0.173. The number of hydrogen-bond acceptors (Lipinski definition) is 14. The van der Waals surface area contributed by atoms with Crippen molar-refractivity contribution in [1.29, 1.82) is 0 Å². The zero-order valence-electron chi connectivity index (χ0n) is 74.8. The zero-order chi connectivity index (χ0) is 81.8. The molecule has 110 heavy (non-hydrogen) atoms. The van der Waals surface area contributed by atoms with E-state index in [1.165, 1.54) is 244 Å². The molecule has 0 bridgehead atoms. The SMILES string of the molecule is CC1CCC[C@@H](C)CCC[C@@H](C)CCC[C@@H](C)CCOC[C@@H](COP(=O)(O)OC[C@H](O)CO)OCC[C@H](C)CCC[C@H](C)CCC[C@H](C)CCCC(C)CCC(C)CCC[C@@H](C)CCC[C@@H](C)CCC[C@@H](C)CCOC[C@@H](COP(=O)(O)OC[C@H](O)CO)OCC[C@H](C)CCC[C@H](C)CCC[C@H](C)CCCC(C)CC1. The highest BCUT2D eigenvalue weighted by Gasteiger charge is 2.28.